The van der Waals surface area contributed by atoms with Crippen LogP contribution >= 0.6 is 15.9 Å². The summed E-state index contributed by atoms with van der Waals surface area (Å²) in [5.74, 6) is -0.627. The van der Waals surface area contributed by atoms with Crippen LogP contribution in [0.3, 0.4) is 0 Å². The Balaban J connectivity index is 1.93. The maximum atomic E-state index is 14.6. The van der Waals surface area contributed by atoms with Gasteiger partial charge in [0.05, 0.1) is 0 Å². The van der Waals surface area contributed by atoms with Gasteiger partial charge in [-0.05, 0) is 37.8 Å². The van der Waals surface area contributed by atoms with E-state index < -0.39 is 15.8 Å². The highest BCUT2D eigenvalue weighted by Crippen LogP contribution is 2.29. The largest absolute Gasteiger partial charge is 0.310 e. The molecule has 1 aliphatic heterocycles. The van der Waals surface area contributed by atoms with Crippen LogP contribution in [0.15, 0.2) is 21.5 Å². The molecule has 0 aromatic heterocycles. The lowest BCUT2D eigenvalue weighted by atomic mass is 10.2. The van der Waals surface area contributed by atoms with Crippen LogP contribution in [0.1, 0.15) is 31.2 Å². The third kappa shape index (κ3) is 3.31. The van der Waals surface area contributed by atoms with Crippen LogP contribution in [0.2, 0.25) is 0 Å². The fourth-order valence-electron chi connectivity index (χ4n) is 2.54. The second-order valence-electron chi connectivity index (χ2n) is 5.64. The zero-order valence-electron chi connectivity index (χ0n) is 11.6. The van der Waals surface area contributed by atoms with Crippen LogP contribution < -0.4 is 5.32 Å². The molecule has 0 spiro atoms. The summed E-state index contributed by atoms with van der Waals surface area (Å²) in [6, 6.07) is 3.46. The summed E-state index contributed by atoms with van der Waals surface area (Å²) in [5, 5.41) is 3.22. The van der Waals surface area contributed by atoms with Crippen molar-refractivity contribution in [3.8, 4) is 0 Å². The highest BCUT2D eigenvalue weighted by atomic mass is 79.9. The molecule has 0 amide bonds. The normalized spacial score (nSPS) is 20.1. The van der Waals surface area contributed by atoms with Crippen molar-refractivity contribution in [1.82, 2.24) is 9.62 Å². The van der Waals surface area contributed by atoms with Gasteiger partial charge in [-0.3, -0.25) is 0 Å². The van der Waals surface area contributed by atoms with Crippen LogP contribution in [0.25, 0.3) is 0 Å². The molecule has 1 saturated carbocycles. The van der Waals surface area contributed by atoms with Crippen LogP contribution in [0, 0.1) is 5.82 Å². The quantitative estimate of drug-likeness (QED) is 0.858. The summed E-state index contributed by atoms with van der Waals surface area (Å²) in [6.07, 6.45) is 3.89. The molecular weight excluding hydrogens is 359 g/mol. The van der Waals surface area contributed by atoms with E-state index in [2.05, 4.69) is 21.2 Å². The molecular formula is C14H18BrFN2O2S. The monoisotopic (exact) mass is 376 g/mol. The molecule has 0 radical (unpaired) electrons. The highest BCUT2D eigenvalue weighted by Gasteiger charge is 2.31. The Labute approximate surface area is 132 Å². The van der Waals surface area contributed by atoms with Crippen molar-refractivity contribution < 1.29 is 12.8 Å². The van der Waals surface area contributed by atoms with Crippen LogP contribution in [0.4, 0.5) is 4.39 Å². The minimum atomic E-state index is -3.74. The maximum absolute atomic E-state index is 14.6. The first-order chi connectivity index (χ1) is 9.98. The van der Waals surface area contributed by atoms with Gasteiger partial charge in [0, 0.05) is 35.7 Å². The third-order valence-corrected chi connectivity index (χ3v) is 6.28. The minimum absolute atomic E-state index is 0.216. The van der Waals surface area contributed by atoms with E-state index in [-0.39, 0.29) is 4.90 Å². The van der Waals surface area contributed by atoms with E-state index in [4.69, 9.17) is 0 Å². The second kappa shape index (κ2) is 5.95. The van der Waals surface area contributed by atoms with E-state index >= 15 is 0 Å². The molecule has 4 nitrogen and oxygen atoms in total. The molecule has 116 valence electrons. The molecule has 2 fully saturated rings. The molecule has 0 bridgehead atoms. The summed E-state index contributed by atoms with van der Waals surface area (Å²) in [6.45, 7) is 1.31. The molecule has 21 heavy (non-hydrogen) atoms. The smallest absolute Gasteiger partial charge is 0.246 e. The van der Waals surface area contributed by atoms with Gasteiger partial charge >= 0.3 is 0 Å². The van der Waals surface area contributed by atoms with E-state index in [1.54, 1.807) is 6.07 Å². The Hall–Kier alpha value is -0.500. The van der Waals surface area contributed by atoms with E-state index in [1.807, 2.05) is 0 Å². The topological polar surface area (TPSA) is 49.4 Å². The molecule has 1 N–H and O–H groups in total. The Morgan fingerprint density at radius 1 is 1.29 bits per heavy atom. The molecule has 0 atom stereocenters. The molecule has 1 aliphatic carbocycles. The highest BCUT2D eigenvalue weighted by molar-refractivity contribution is 9.10. The zero-order valence-corrected chi connectivity index (χ0v) is 14.0. The van der Waals surface area contributed by atoms with Gasteiger partial charge < -0.3 is 5.32 Å². The number of benzene rings is 1. The number of nitrogens with one attached hydrogen (secondary N) is 1. The van der Waals surface area contributed by atoms with Gasteiger partial charge in [0.15, 0.2) is 0 Å². The second-order valence-corrected chi connectivity index (χ2v) is 8.47. The van der Waals surface area contributed by atoms with Crippen molar-refractivity contribution in [3.63, 3.8) is 0 Å². The van der Waals surface area contributed by atoms with Crippen LogP contribution in [0.5, 0.6) is 0 Å². The Kier molecular flexibility index (Phi) is 4.36. The van der Waals surface area contributed by atoms with Crippen LogP contribution in [-0.4, -0.2) is 31.9 Å². The van der Waals surface area contributed by atoms with E-state index in [0.717, 1.165) is 25.7 Å². The third-order valence-electron chi connectivity index (χ3n) is 3.92. The fourth-order valence-corrected chi connectivity index (χ4v) is 4.85. The molecule has 2 aliphatic rings. The first-order valence-electron chi connectivity index (χ1n) is 7.20. The minimum Gasteiger partial charge on any atom is -0.310 e. The summed E-state index contributed by atoms with van der Waals surface area (Å²) in [4.78, 5) is -0.216. The SMILES string of the molecule is O=S(=O)(c1cc(Br)cc(CNC2CC2)c1F)N1CCCC1. The van der Waals surface area contributed by atoms with Gasteiger partial charge in [0.2, 0.25) is 10.0 Å². The molecule has 1 heterocycles. The first kappa shape index (κ1) is 15.4. The average molecular weight is 377 g/mol. The van der Waals surface area contributed by atoms with E-state index in [1.165, 1.54) is 10.4 Å². The van der Waals surface area contributed by atoms with Crippen molar-refractivity contribution in [1.29, 1.82) is 0 Å². The fraction of sp³-hybridized carbons (Fsp3) is 0.571. The summed E-state index contributed by atoms with van der Waals surface area (Å²) in [7, 11) is -3.74. The molecule has 1 aromatic rings. The van der Waals surface area contributed by atoms with Crippen molar-refractivity contribution in [2.24, 2.45) is 0 Å². The predicted octanol–water partition coefficient (Wildman–Crippen LogP) is 2.62. The lowest BCUT2D eigenvalue weighted by Gasteiger charge is -2.17. The first-order valence-corrected chi connectivity index (χ1v) is 9.43. The van der Waals surface area contributed by atoms with E-state index in [9.17, 15) is 12.8 Å². The maximum Gasteiger partial charge on any atom is 0.246 e. The van der Waals surface area contributed by atoms with Gasteiger partial charge in [0.1, 0.15) is 10.7 Å². The van der Waals surface area contributed by atoms with Crippen molar-refractivity contribution in [2.75, 3.05) is 13.1 Å². The van der Waals surface area contributed by atoms with Crippen molar-refractivity contribution in [2.45, 2.75) is 43.2 Å². The standard InChI is InChI=1S/C14H18BrFN2O2S/c15-11-7-10(9-17-12-3-4-12)14(16)13(8-11)21(19,20)18-5-1-2-6-18/h7-8,12,17H,1-6,9H2. The van der Waals surface area contributed by atoms with Gasteiger partial charge in [0.25, 0.3) is 0 Å². The molecule has 0 unspecified atom stereocenters. The number of hydrogen-bond acceptors (Lipinski definition) is 3. The number of nitrogens with zero attached hydrogens (tertiary/aromatic N) is 1. The average Bonchev–Trinajstić information content (AvgIpc) is 3.09. The Bertz CT molecular complexity index is 641. The van der Waals surface area contributed by atoms with Crippen molar-refractivity contribution in [3.05, 3.63) is 28.0 Å². The Morgan fingerprint density at radius 2 is 1.95 bits per heavy atom. The molecule has 7 heteroatoms. The molecule has 3 rings (SSSR count). The molecule has 1 aromatic carbocycles. The van der Waals surface area contributed by atoms with Gasteiger partial charge in [-0.15, -0.1) is 0 Å². The summed E-state index contributed by atoms with van der Waals surface area (Å²) < 4.78 is 41.7. The van der Waals surface area contributed by atoms with Crippen LogP contribution in [-0.2, 0) is 16.6 Å². The van der Waals surface area contributed by atoms with Gasteiger partial charge in [-0.2, -0.15) is 4.31 Å². The predicted molar refractivity (Wildman–Crippen MR) is 82.0 cm³/mol. The summed E-state index contributed by atoms with van der Waals surface area (Å²) in [5.41, 5.74) is 0.397. The lowest BCUT2D eigenvalue weighted by molar-refractivity contribution is 0.467. The zero-order chi connectivity index (χ0) is 15.0. The van der Waals surface area contributed by atoms with Gasteiger partial charge in [-0.1, -0.05) is 15.9 Å². The molecule has 1 saturated heterocycles. The van der Waals surface area contributed by atoms with Crippen molar-refractivity contribution >= 4 is 26.0 Å². The summed E-state index contributed by atoms with van der Waals surface area (Å²) >= 11 is 3.29. The number of rotatable bonds is 5. The number of hydrogen-bond donors (Lipinski definition) is 1. The lowest BCUT2D eigenvalue weighted by Crippen LogP contribution is -2.29. The number of halogens is 2. The van der Waals surface area contributed by atoms with Gasteiger partial charge in [-0.25, -0.2) is 12.8 Å². The van der Waals surface area contributed by atoms with E-state index in [0.29, 0.717) is 35.7 Å². The Morgan fingerprint density at radius 3 is 2.57 bits per heavy atom. The number of sulfonamides is 1.